The van der Waals surface area contributed by atoms with Crippen LogP contribution >= 0.6 is 23.4 Å². The van der Waals surface area contributed by atoms with Gasteiger partial charge in [-0.3, -0.25) is 19.3 Å². The molecule has 3 aromatic rings. The second-order valence-corrected chi connectivity index (χ2v) is 9.91. The first-order valence-electron chi connectivity index (χ1n) is 11.9. The molecule has 1 N–H and O–H groups in total. The topological polar surface area (TPSA) is 113 Å². The van der Waals surface area contributed by atoms with E-state index in [1.165, 1.54) is 14.2 Å². The van der Waals surface area contributed by atoms with Crippen molar-refractivity contribution < 1.29 is 38.1 Å². The van der Waals surface area contributed by atoms with Gasteiger partial charge >= 0.3 is 0 Å². The summed E-state index contributed by atoms with van der Waals surface area (Å²) in [5.41, 5.74) is 1.69. The maximum Gasteiger partial charge on any atom is 0.293 e. The van der Waals surface area contributed by atoms with Crippen molar-refractivity contribution in [3.8, 4) is 28.7 Å². The fourth-order valence-electron chi connectivity index (χ4n) is 4.01. The zero-order chi connectivity index (χ0) is 28.2. The molecule has 2 aliphatic heterocycles. The Morgan fingerprint density at radius 2 is 1.77 bits per heavy atom. The van der Waals surface area contributed by atoms with E-state index in [9.17, 15) is 14.4 Å². The van der Waals surface area contributed by atoms with Crippen molar-refractivity contribution >= 4 is 52.2 Å². The number of amides is 3. The molecule has 0 unspecified atom stereocenters. The Morgan fingerprint density at radius 3 is 2.55 bits per heavy atom. The lowest BCUT2D eigenvalue weighted by Crippen LogP contribution is -2.27. The lowest BCUT2D eigenvalue weighted by molar-refractivity contribution is -0.123. The van der Waals surface area contributed by atoms with Gasteiger partial charge < -0.3 is 29.0 Å². The van der Waals surface area contributed by atoms with E-state index in [-0.39, 0.29) is 30.8 Å². The average Bonchev–Trinajstić information content (AvgIpc) is 3.51. The minimum Gasteiger partial charge on any atom is -0.495 e. The van der Waals surface area contributed by atoms with E-state index >= 15 is 0 Å². The zero-order valence-corrected chi connectivity index (χ0v) is 23.0. The molecule has 206 valence electrons. The lowest BCUT2D eigenvalue weighted by atomic mass is 10.1. The summed E-state index contributed by atoms with van der Waals surface area (Å²) < 4.78 is 27.0. The van der Waals surface area contributed by atoms with Crippen LogP contribution in [0.3, 0.4) is 0 Å². The predicted octanol–water partition coefficient (Wildman–Crippen LogP) is 5.34. The zero-order valence-electron chi connectivity index (χ0n) is 21.4. The molecule has 2 aliphatic rings. The number of imide groups is 1. The van der Waals surface area contributed by atoms with Gasteiger partial charge in [-0.2, -0.15) is 0 Å². The number of benzene rings is 3. The fraction of sp³-hybridized carbons (Fsp3) is 0.179. The van der Waals surface area contributed by atoms with E-state index in [1.54, 1.807) is 60.7 Å². The van der Waals surface area contributed by atoms with E-state index in [0.29, 0.717) is 50.6 Å². The molecule has 3 amide bonds. The van der Waals surface area contributed by atoms with Gasteiger partial charge in [0.15, 0.2) is 29.6 Å². The van der Waals surface area contributed by atoms with Crippen LogP contribution in [-0.2, 0) is 16.1 Å². The van der Waals surface area contributed by atoms with Crippen LogP contribution in [0.1, 0.15) is 11.1 Å². The molecular formula is C28H23ClN2O8S. The maximum absolute atomic E-state index is 13.1. The van der Waals surface area contributed by atoms with Gasteiger partial charge in [-0.1, -0.05) is 29.8 Å². The average molecular weight is 583 g/mol. The second-order valence-electron chi connectivity index (χ2n) is 8.51. The number of methoxy groups -OCH3 is 2. The van der Waals surface area contributed by atoms with Crippen molar-refractivity contribution in [1.82, 2.24) is 4.90 Å². The summed E-state index contributed by atoms with van der Waals surface area (Å²) in [6.45, 7) is -0.192. The van der Waals surface area contributed by atoms with Gasteiger partial charge in [0.05, 0.1) is 31.4 Å². The molecule has 0 radical (unpaired) electrons. The number of halogens is 1. The van der Waals surface area contributed by atoms with E-state index in [2.05, 4.69) is 5.32 Å². The number of rotatable bonds is 9. The van der Waals surface area contributed by atoms with Gasteiger partial charge in [-0.25, -0.2) is 0 Å². The summed E-state index contributed by atoms with van der Waals surface area (Å²) in [6.07, 6.45) is 1.59. The van der Waals surface area contributed by atoms with Crippen LogP contribution < -0.4 is 29.0 Å². The standard InChI is InChI=1S/C28H23ClN2O8S/c1-35-20-6-4-3-5-19(20)30-26(32)14-37-21-8-7-16(9-22(21)36-2)10-25-27(33)31(28(34)40-25)13-17-11-23-24(12-18(17)29)39-15-38-23/h3-12H,13-15H2,1-2H3,(H,30,32)/b25-10-. The highest BCUT2D eigenvalue weighted by atomic mass is 35.5. The van der Waals surface area contributed by atoms with Gasteiger partial charge in [0.1, 0.15) is 5.75 Å². The third kappa shape index (κ3) is 5.80. The van der Waals surface area contributed by atoms with Crippen molar-refractivity contribution in [2.45, 2.75) is 6.54 Å². The molecule has 12 heteroatoms. The third-order valence-corrected chi connectivity index (χ3v) is 7.23. The molecule has 0 saturated carbocycles. The first kappa shape index (κ1) is 27.2. The van der Waals surface area contributed by atoms with Crippen molar-refractivity contribution in [3.63, 3.8) is 0 Å². The molecule has 1 saturated heterocycles. The quantitative estimate of drug-likeness (QED) is 0.334. The minimum absolute atomic E-state index is 0.00943. The summed E-state index contributed by atoms with van der Waals surface area (Å²) in [7, 11) is 2.98. The van der Waals surface area contributed by atoms with Gasteiger partial charge in [0.2, 0.25) is 6.79 Å². The van der Waals surface area contributed by atoms with Gasteiger partial charge in [-0.15, -0.1) is 0 Å². The number of fused-ring (bicyclic) bond motifs is 1. The van der Waals surface area contributed by atoms with Crippen molar-refractivity contribution in [2.24, 2.45) is 0 Å². The minimum atomic E-state index is -0.448. The van der Waals surface area contributed by atoms with Crippen LogP contribution in [0, 0.1) is 0 Å². The van der Waals surface area contributed by atoms with E-state index in [1.807, 2.05) is 0 Å². The molecule has 0 spiro atoms. The molecule has 0 aromatic heterocycles. The van der Waals surface area contributed by atoms with Crippen LogP contribution in [0.4, 0.5) is 10.5 Å². The first-order valence-corrected chi connectivity index (χ1v) is 13.1. The first-order chi connectivity index (χ1) is 19.4. The molecule has 0 atom stereocenters. The third-order valence-electron chi connectivity index (χ3n) is 5.97. The highest BCUT2D eigenvalue weighted by Crippen LogP contribution is 2.40. The Hall–Kier alpha value is -4.35. The second kappa shape index (κ2) is 11.8. The van der Waals surface area contributed by atoms with Gasteiger partial charge in [-0.05, 0) is 59.3 Å². The van der Waals surface area contributed by atoms with Crippen LogP contribution in [0.15, 0.2) is 59.5 Å². The normalized spacial score (nSPS) is 15.0. The van der Waals surface area contributed by atoms with Crippen LogP contribution in [0.25, 0.3) is 6.08 Å². The Kier molecular flexibility index (Phi) is 8.04. The molecule has 1 fully saturated rings. The molecule has 10 nitrogen and oxygen atoms in total. The monoisotopic (exact) mass is 582 g/mol. The number of nitrogens with zero attached hydrogens (tertiary/aromatic N) is 1. The largest absolute Gasteiger partial charge is 0.495 e. The number of nitrogens with one attached hydrogen (secondary N) is 1. The number of para-hydroxylation sites is 2. The van der Waals surface area contributed by atoms with Gasteiger partial charge in [0.25, 0.3) is 17.1 Å². The molecule has 0 bridgehead atoms. The number of anilines is 1. The molecule has 5 rings (SSSR count). The molecular weight excluding hydrogens is 560 g/mol. The van der Waals surface area contributed by atoms with E-state index < -0.39 is 11.1 Å². The Balaban J connectivity index is 1.25. The summed E-state index contributed by atoms with van der Waals surface area (Å²) >= 11 is 7.16. The Labute approximate surface area is 238 Å². The number of thioether (sulfide) groups is 1. The van der Waals surface area contributed by atoms with Crippen LogP contribution in [-0.4, -0.2) is 49.6 Å². The number of ether oxygens (including phenoxy) is 5. The lowest BCUT2D eigenvalue weighted by Gasteiger charge is -2.14. The number of carbonyl (C=O) groups excluding carboxylic acids is 3. The highest BCUT2D eigenvalue weighted by Gasteiger charge is 2.35. The Morgan fingerprint density at radius 1 is 1.02 bits per heavy atom. The van der Waals surface area contributed by atoms with Crippen LogP contribution in [0.2, 0.25) is 5.02 Å². The summed E-state index contributed by atoms with van der Waals surface area (Å²) in [5.74, 6) is 1.41. The van der Waals surface area contributed by atoms with E-state index in [4.69, 9.17) is 35.3 Å². The number of carbonyl (C=O) groups is 3. The number of hydrogen-bond acceptors (Lipinski definition) is 9. The summed E-state index contributed by atoms with van der Waals surface area (Å²) in [6, 6.07) is 15.3. The van der Waals surface area contributed by atoms with Crippen molar-refractivity contribution in [1.29, 1.82) is 0 Å². The summed E-state index contributed by atoms with van der Waals surface area (Å²) in [4.78, 5) is 39.5. The highest BCUT2D eigenvalue weighted by molar-refractivity contribution is 8.18. The SMILES string of the molecule is COc1ccccc1NC(=O)COc1ccc(/C=C2\SC(=O)N(Cc3cc4c(cc3Cl)OCO4)C2=O)cc1OC. The van der Waals surface area contributed by atoms with Gasteiger partial charge in [0, 0.05) is 11.1 Å². The smallest absolute Gasteiger partial charge is 0.293 e. The Bertz CT molecular complexity index is 1530. The number of hydrogen-bond donors (Lipinski definition) is 1. The fourth-order valence-corrected chi connectivity index (χ4v) is 5.06. The van der Waals surface area contributed by atoms with Crippen molar-refractivity contribution in [2.75, 3.05) is 32.9 Å². The maximum atomic E-state index is 13.1. The molecule has 3 aromatic carbocycles. The molecule has 40 heavy (non-hydrogen) atoms. The molecule has 0 aliphatic carbocycles. The van der Waals surface area contributed by atoms with E-state index in [0.717, 1.165) is 16.7 Å². The molecule has 2 heterocycles. The summed E-state index contributed by atoms with van der Waals surface area (Å²) in [5, 5.41) is 2.68. The van der Waals surface area contributed by atoms with Crippen LogP contribution in [0.5, 0.6) is 28.7 Å². The van der Waals surface area contributed by atoms with Crippen molar-refractivity contribution in [3.05, 3.63) is 75.7 Å². The predicted molar refractivity (Wildman–Crippen MR) is 149 cm³/mol.